The van der Waals surface area contributed by atoms with Gasteiger partial charge in [0.2, 0.25) is 5.91 Å². The van der Waals surface area contributed by atoms with Gasteiger partial charge in [0.05, 0.1) is 28.7 Å². The van der Waals surface area contributed by atoms with Crippen LogP contribution in [0.25, 0.3) is 0 Å². The molecule has 3 aliphatic heterocycles. The Kier molecular flexibility index (Phi) is 7.01. The molecule has 3 fully saturated rings. The predicted octanol–water partition coefficient (Wildman–Crippen LogP) is 4.73. The fourth-order valence-corrected chi connectivity index (χ4v) is 6.61. The van der Waals surface area contributed by atoms with Gasteiger partial charge in [-0.3, -0.25) is 9.69 Å². The highest BCUT2D eigenvalue weighted by Gasteiger charge is 2.52. The SMILES string of the molecule is O=C1N(CCN2CCOCC2)c2cc(Cl)c(Cl)cc2C12CCN(C1CCCCCC1)CC2. The highest BCUT2D eigenvalue weighted by molar-refractivity contribution is 6.42. The molecule has 4 aliphatic rings. The van der Waals surface area contributed by atoms with Crippen molar-refractivity contribution in [1.29, 1.82) is 0 Å². The summed E-state index contributed by atoms with van der Waals surface area (Å²) in [6.45, 7) is 6.94. The number of piperidine rings is 1. The summed E-state index contributed by atoms with van der Waals surface area (Å²) in [5, 5.41) is 1.08. The third kappa shape index (κ3) is 4.32. The first kappa shape index (κ1) is 22.9. The summed E-state index contributed by atoms with van der Waals surface area (Å²) in [5.41, 5.74) is 1.62. The highest BCUT2D eigenvalue weighted by Crippen LogP contribution is 2.50. The normalized spacial score (nSPS) is 25.3. The Morgan fingerprint density at radius 3 is 2.25 bits per heavy atom. The maximum Gasteiger partial charge on any atom is 0.237 e. The van der Waals surface area contributed by atoms with Gasteiger partial charge in [-0.1, -0.05) is 48.9 Å². The second-order valence-corrected chi connectivity index (χ2v) is 10.8. The number of carbonyl (C=O) groups is 1. The van der Waals surface area contributed by atoms with E-state index in [0.29, 0.717) is 22.6 Å². The molecule has 1 spiro atoms. The number of hydrogen-bond acceptors (Lipinski definition) is 4. The molecule has 1 amide bonds. The fourth-order valence-electron chi connectivity index (χ4n) is 6.29. The lowest BCUT2D eigenvalue weighted by molar-refractivity contribution is -0.125. The number of ether oxygens (including phenoxy) is 1. The Morgan fingerprint density at radius 1 is 0.906 bits per heavy atom. The van der Waals surface area contributed by atoms with Crippen molar-refractivity contribution in [2.45, 2.75) is 62.8 Å². The van der Waals surface area contributed by atoms with E-state index in [0.717, 1.165) is 70.0 Å². The van der Waals surface area contributed by atoms with Crippen LogP contribution in [-0.2, 0) is 14.9 Å². The van der Waals surface area contributed by atoms with Crippen LogP contribution in [0.3, 0.4) is 0 Å². The molecule has 0 bridgehead atoms. The van der Waals surface area contributed by atoms with Gasteiger partial charge >= 0.3 is 0 Å². The number of anilines is 1. The molecule has 1 saturated carbocycles. The molecule has 1 aliphatic carbocycles. The zero-order valence-electron chi connectivity index (χ0n) is 19.0. The Balaban J connectivity index is 1.35. The Labute approximate surface area is 202 Å². The van der Waals surface area contributed by atoms with Crippen molar-refractivity contribution in [2.24, 2.45) is 0 Å². The van der Waals surface area contributed by atoms with E-state index < -0.39 is 5.41 Å². The van der Waals surface area contributed by atoms with Crippen LogP contribution < -0.4 is 4.90 Å². The van der Waals surface area contributed by atoms with Crippen molar-refractivity contribution in [1.82, 2.24) is 9.80 Å². The monoisotopic (exact) mass is 479 g/mol. The van der Waals surface area contributed by atoms with Crippen LogP contribution in [0.15, 0.2) is 12.1 Å². The van der Waals surface area contributed by atoms with Crippen LogP contribution in [0.1, 0.15) is 56.9 Å². The lowest BCUT2D eigenvalue weighted by Gasteiger charge is -2.42. The van der Waals surface area contributed by atoms with Gasteiger partial charge in [0.15, 0.2) is 0 Å². The van der Waals surface area contributed by atoms with Crippen LogP contribution in [0.4, 0.5) is 5.69 Å². The zero-order chi connectivity index (χ0) is 22.1. The molecular formula is C25H35Cl2N3O2. The van der Waals surface area contributed by atoms with Gasteiger partial charge in [0.25, 0.3) is 0 Å². The van der Waals surface area contributed by atoms with Crippen molar-refractivity contribution >= 4 is 34.8 Å². The molecular weight excluding hydrogens is 445 g/mol. The van der Waals surface area contributed by atoms with Gasteiger partial charge in [0, 0.05) is 37.9 Å². The summed E-state index contributed by atoms with van der Waals surface area (Å²) < 4.78 is 5.48. The quantitative estimate of drug-likeness (QED) is 0.584. The van der Waals surface area contributed by atoms with Crippen molar-refractivity contribution < 1.29 is 9.53 Å². The zero-order valence-corrected chi connectivity index (χ0v) is 20.5. The fraction of sp³-hybridized carbons (Fsp3) is 0.720. The van der Waals surface area contributed by atoms with Gasteiger partial charge in [0.1, 0.15) is 0 Å². The average molecular weight is 480 g/mol. The number of amides is 1. The summed E-state index contributed by atoms with van der Waals surface area (Å²) >= 11 is 12.9. The van der Waals surface area contributed by atoms with E-state index in [1.807, 2.05) is 17.0 Å². The number of halogens is 2. The average Bonchev–Trinajstić information content (AvgIpc) is 3.01. The first-order valence-corrected chi connectivity index (χ1v) is 13.2. The summed E-state index contributed by atoms with van der Waals surface area (Å²) in [5.74, 6) is 0.250. The number of likely N-dealkylation sites (tertiary alicyclic amines) is 1. The predicted molar refractivity (Wildman–Crippen MR) is 130 cm³/mol. The van der Waals surface area contributed by atoms with Crippen molar-refractivity contribution in [2.75, 3.05) is 57.4 Å². The minimum Gasteiger partial charge on any atom is -0.379 e. The molecule has 0 atom stereocenters. The van der Waals surface area contributed by atoms with Gasteiger partial charge in [-0.05, 0) is 56.5 Å². The first-order valence-electron chi connectivity index (χ1n) is 12.4. The highest BCUT2D eigenvalue weighted by atomic mass is 35.5. The minimum absolute atomic E-state index is 0.250. The van der Waals surface area contributed by atoms with E-state index in [9.17, 15) is 4.79 Å². The largest absolute Gasteiger partial charge is 0.379 e. The van der Waals surface area contributed by atoms with E-state index in [1.165, 1.54) is 38.5 Å². The maximum atomic E-state index is 14.0. The molecule has 0 radical (unpaired) electrons. The molecule has 0 aromatic heterocycles. The summed E-state index contributed by atoms with van der Waals surface area (Å²) in [6.07, 6.45) is 9.81. The Morgan fingerprint density at radius 2 is 1.56 bits per heavy atom. The molecule has 5 rings (SSSR count). The molecule has 5 nitrogen and oxygen atoms in total. The van der Waals surface area contributed by atoms with E-state index >= 15 is 0 Å². The standard InChI is InChI=1S/C25H35Cl2N3O2/c26-21-17-20-23(18-22(21)27)30(12-11-28-13-15-32-16-14-28)24(31)25(20)7-9-29(10-8-25)19-5-3-1-2-4-6-19/h17-19H,1-16H2. The van der Waals surface area contributed by atoms with Gasteiger partial charge < -0.3 is 14.5 Å². The Hall–Kier alpha value is -0.850. The molecule has 7 heteroatoms. The molecule has 32 heavy (non-hydrogen) atoms. The number of nitrogens with zero attached hydrogens (tertiary/aromatic N) is 3. The molecule has 3 heterocycles. The number of carbonyl (C=O) groups excluding carboxylic acids is 1. The summed E-state index contributed by atoms with van der Waals surface area (Å²) in [7, 11) is 0. The van der Waals surface area contributed by atoms with Crippen LogP contribution >= 0.6 is 23.2 Å². The van der Waals surface area contributed by atoms with E-state index in [-0.39, 0.29) is 5.91 Å². The van der Waals surface area contributed by atoms with E-state index in [4.69, 9.17) is 27.9 Å². The lowest BCUT2D eigenvalue weighted by Crippen LogP contribution is -2.52. The first-order chi connectivity index (χ1) is 15.6. The second kappa shape index (κ2) is 9.79. The Bertz CT molecular complexity index is 827. The smallest absolute Gasteiger partial charge is 0.237 e. The van der Waals surface area contributed by atoms with E-state index in [2.05, 4.69) is 9.80 Å². The molecule has 2 saturated heterocycles. The topological polar surface area (TPSA) is 36.0 Å². The molecule has 0 unspecified atom stereocenters. The van der Waals surface area contributed by atoms with Crippen molar-refractivity contribution in [3.05, 3.63) is 27.7 Å². The van der Waals surface area contributed by atoms with Crippen LogP contribution in [0, 0.1) is 0 Å². The number of rotatable bonds is 4. The molecule has 1 aromatic carbocycles. The summed E-state index contributed by atoms with van der Waals surface area (Å²) in [6, 6.07) is 4.59. The van der Waals surface area contributed by atoms with Crippen molar-refractivity contribution in [3.8, 4) is 0 Å². The van der Waals surface area contributed by atoms with Crippen LogP contribution in [0.2, 0.25) is 10.0 Å². The van der Waals surface area contributed by atoms with Crippen LogP contribution in [-0.4, -0.2) is 74.2 Å². The number of hydrogen-bond donors (Lipinski definition) is 0. The van der Waals surface area contributed by atoms with Crippen LogP contribution in [0.5, 0.6) is 0 Å². The van der Waals surface area contributed by atoms with E-state index in [1.54, 1.807) is 0 Å². The lowest BCUT2D eigenvalue weighted by atomic mass is 9.73. The number of fused-ring (bicyclic) bond motifs is 2. The summed E-state index contributed by atoms with van der Waals surface area (Å²) in [4.78, 5) is 21.0. The molecule has 176 valence electrons. The minimum atomic E-state index is -0.449. The van der Waals surface area contributed by atoms with Gasteiger partial charge in [-0.25, -0.2) is 0 Å². The maximum absolute atomic E-state index is 14.0. The third-order valence-corrected chi connectivity index (χ3v) is 8.96. The van der Waals surface area contributed by atoms with Crippen molar-refractivity contribution in [3.63, 3.8) is 0 Å². The van der Waals surface area contributed by atoms with Gasteiger partial charge in [-0.15, -0.1) is 0 Å². The number of benzene rings is 1. The second-order valence-electron chi connectivity index (χ2n) is 9.96. The molecule has 1 aromatic rings. The third-order valence-electron chi connectivity index (χ3n) is 8.24. The van der Waals surface area contributed by atoms with Gasteiger partial charge in [-0.2, -0.15) is 0 Å². The number of morpholine rings is 1. The molecule has 0 N–H and O–H groups in total.